The van der Waals surface area contributed by atoms with Crippen LogP contribution in [0.4, 0.5) is 5.69 Å². The van der Waals surface area contributed by atoms with E-state index in [1.54, 1.807) is 48.2 Å². The first-order chi connectivity index (χ1) is 19.4. The molecule has 4 aromatic carbocycles. The van der Waals surface area contributed by atoms with Crippen LogP contribution in [-0.4, -0.2) is 30.7 Å². The van der Waals surface area contributed by atoms with Crippen molar-refractivity contribution in [2.75, 3.05) is 18.8 Å². The summed E-state index contributed by atoms with van der Waals surface area (Å²) in [5.74, 6) is -0.744. The molecule has 1 heterocycles. The van der Waals surface area contributed by atoms with E-state index in [0.717, 1.165) is 11.3 Å². The van der Waals surface area contributed by atoms with Crippen molar-refractivity contribution in [2.45, 2.75) is 29.1 Å². The molecule has 6 nitrogen and oxygen atoms in total. The van der Waals surface area contributed by atoms with Gasteiger partial charge in [0.25, 0.3) is 11.8 Å². The molecule has 0 aliphatic carbocycles. The molecular weight excluding hydrogens is 542 g/mol. The van der Waals surface area contributed by atoms with Crippen LogP contribution < -0.4 is 16.4 Å². The van der Waals surface area contributed by atoms with Gasteiger partial charge in [0.15, 0.2) is 5.78 Å². The molecule has 40 heavy (non-hydrogen) atoms. The highest BCUT2D eigenvalue weighted by Gasteiger charge is 2.19. The lowest BCUT2D eigenvalue weighted by molar-refractivity contribution is 0.0935. The fourth-order valence-electron chi connectivity index (χ4n) is 4.58. The Morgan fingerprint density at radius 1 is 0.725 bits per heavy atom. The highest BCUT2D eigenvalue weighted by Crippen LogP contribution is 2.39. The summed E-state index contributed by atoms with van der Waals surface area (Å²) in [5, 5.41) is 6.21. The molecule has 2 amide bonds. The Bertz CT molecular complexity index is 1600. The molecule has 4 aromatic rings. The standard InChI is InChI=1S/C32H28ClN3O3S/c33-26-14-13-22(18-27(26)34)30(37)24-8-2-3-9-25(24)32(39)36-16-6-5-15-35-31(38)23-12-11-21-17-20-7-1-4-10-28(20)40-29(21)19-23/h1-4,7-14,18-19H,5-6,15-17,34H2,(H,35,38)(H,36,39). The topological polar surface area (TPSA) is 101 Å². The number of rotatable bonds is 9. The number of hydrogen-bond acceptors (Lipinski definition) is 5. The quantitative estimate of drug-likeness (QED) is 0.112. The number of nitrogens with two attached hydrogens (primary N) is 1. The summed E-state index contributed by atoms with van der Waals surface area (Å²) in [5.41, 5.74) is 10.3. The number of hydrogen-bond donors (Lipinski definition) is 3. The number of ketones is 1. The molecule has 0 spiro atoms. The van der Waals surface area contributed by atoms with Crippen molar-refractivity contribution >= 4 is 46.6 Å². The minimum absolute atomic E-state index is 0.110. The van der Waals surface area contributed by atoms with E-state index in [1.165, 1.54) is 22.1 Å². The maximum absolute atomic E-state index is 13.0. The third kappa shape index (κ3) is 6.22. The zero-order chi connectivity index (χ0) is 28.1. The van der Waals surface area contributed by atoms with E-state index < -0.39 is 0 Å². The largest absolute Gasteiger partial charge is 0.398 e. The van der Waals surface area contributed by atoms with E-state index in [1.807, 2.05) is 24.3 Å². The van der Waals surface area contributed by atoms with Gasteiger partial charge in [-0.1, -0.05) is 65.8 Å². The van der Waals surface area contributed by atoms with Gasteiger partial charge >= 0.3 is 0 Å². The predicted octanol–water partition coefficient (Wildman–Crippen LogP) is 6.15. The van der Waals surface area contributed by atoms with Crippen LogP contribution in [-0.2, 0) is 6.42 Å². The molecule has 0 saturated heterocycles. The average Bonchev–Trinajstić information content (AvgIpc) is 2.98. The second-order valence-electron chi connectivity index (χ2n) is 9.54. The molecule has 1 aliphatic heterocycles. The lowest BCUT2D eigenvalue weighted by Crippen LogP contribution is -2.28. The van der Waals surface area contributed by atoms with Crippen LogP contribution in [0.25, 0.3) is 0 Å². The number of halogens is 1. The monoisotopic (exact) mass is 569 g/mol. The van der Waals surface area contributed by atoms with Crippen molar-refractivity contribution in [3.05, 3.63) is 123 Å². The van der Waals surface area contributed by atoms with Crippen LogP contribution in [0.2, 0.25) is 5.02 Å². The van der Waals surface area contributed by atoms with Crippen LogP contribution in [0.3, 0.4) is 0 Å². The Balaban J connectivity index is 1.09. The zero-order valence-electron chi connectivity index (χ0n) is 21.7. The van der Waals surface area contributed by atoms with E-state index in [9.17, 15) is 14.4 Å². The van der Waals surface area contributed by atoms with Crippen LogP contribution in [0.1, 0.15) is 60.6 Å². The molecule has 0 unspecified atom stereocenters. The number of anilines is 1. The Kier molecular flexibility index (Phi) is 8.53. The van der Waals surface area contributed by atoms with Crippen molar-refractivity contribution in [3.63, 3.8) is 0 Å². The van der Waals surface area contributed by atoms with E-state index in [4.69, 9.17) is 17.3 Å². The van der Waals surface area contributed by atoms with Crippen LogP contribution in [0.15, 0.2) is 94.7 Å². The summed E-state index contributed by atoms with van der Waals surface area (Å²) < 4.78 is 0. The third-order valence-corrected chi connectivity index (χ3v) is 8.31. The second kappa shape index (κ2) is 12.4. The number of carbonyl (C=O) groups is 3. The van der Waals surface area contributed by atoms with Crippen molar-refractivity contribution in [2.24, 2.45) is 0 Å². The van der Waals surface area contributed by atoms with E-state index in [2.05, 4.69) is 28.8 Å². The number of benzene rings is 4. The lowest BCUT2D eigenvalue weighted by Gasteiger charge is -2.19. The Hall–Kier alpha value is -4.07. The molecule has 0 saturated carbocycles. The van der Waals surface area contributed by atoms with Gasteiger partial charge in [0.1, 0.15) is 0 Å². The fourth-order valence-corrected chi connectivity index (χ4v) is 5.81. The van der Waals surface area contributed by atoms with Gasteiger partial charge in [0, 0.05) is 39.6 Å². The van der Waals surface area contributed by atoms with Gasteiger partial charge in [-0.05, 0) is 72.9 Å². The molecule has 1 aliphatic rings. The van der Waals surface area contributed by atoms with Crippen molar-refractivity contribution < 1.29 is 14.4 Å². The highest BCUT2D eigenvalue weighted by atomic mass is 35.5. The molecule has 0 fully saturated rings. The molecule has 4 N–H and O–H groups in total. The molecule has 8 heteroatoms. The summed E-state index contributed by atoms with van der Waals surface area (Å²) >= 11 is 7.67. The fraction of sp³-hybridized carbons (Fsp3) is 0.156. The van der Waals surface area contributed by atoms with Crippen molar-refractivity contribution in [3.8, 4) is 0 Å². The summed E-state index contributed by atoms with van der Waals surface area (Å²) in [6.45, 7) is 0.912. The average molecular weight is 570 g/mol. The predicted molar refractivity (Wildman–Crippen MR) is 159 cm³/mol. The Morgan fingerprint density at radius 3 is 2.15 bits per heavy atom. The molecule has 0 radical (unpaired) electrons. The SMILES string of the molecule is Nc1cc(C(=O)c2ccccc2C(=O)NCCCCNC(=O)c2ccc3c(c2)Sc2ccccc2C3)ccc1Cl. The van der Waals surface area contributed by atoms with Crippen molar-refractivity contribution in [1.29, 1.82) is 0 Å². The summed E-state index contributed by atoms with van der Waals surface area (Å²) in [6.07, 6.45) is 2.25. The highest BCUT2D eigenvalue weighted by molar-refractivity contribution is 7.99. The first-order valence-electron chi connectivity index (χ1n) is 13.0. The number of nitrogens with one attached hydrogen (secondary N) is 2. The number of carbonyl (C=O) groups excluding carboxylic acids is 3. The van der Waals surface area contributed by atoms with Crippen LogP contribution in [0, 0.1) is 0 Å². The Morgan fingerprint density at radius 2 is 1.38 bits per heavy atom. The lowest BCUT2D eigenvalue weighted by atomic mass is 9.97. The van der Waals surface area contributed by atoms with Crippen LogP contribution >= 0.6 is 23.4 Å². The maximum Gasteiger partial charge on any atom is 0.252 e. The zero-order valence-corrected chi connectivity index (χ0v) is 23.3. The summed E-state index contributed by atoms with van der Waals surface area (Å²) in [7, 11) is 0. The number of unbranched alkanes of at least 4 members (excludes halogenated alkanes) is 1. The van der Waals surface area contributed by atoms with Gasteiger partial charge in [-0.25, -0.2) is 0 Å². The van der Waals surface area contributed by atoms with Gasteiger partial charge in [-0.2, -0.15) is 0 Å². The van der Waals surface area contributed by atoms with Gasteiger partial charge in [-0.3, -0.25) is 14.4 Å². The minimum atomic E-state index is -0.331. The van der Waals surface area contributed by atoms with Gasteiger partial charge in [0.2, 0.25) is 0 Å². The number of amides is 2. The molecule has 202 valence electrons. The summed E-state index contributed by atoms with van der Waals surface area (Å²) in [4.78, 5) is 41.0. The van der Waals surface area contributed by atoms with E-state index in [0.29, 0.717) is 58.9 Å². The third-order valence-electron chi connectivity index (χ3n) is 6.75. The molecular formula is C32H28ClN3O3S. The molecule has 0 atom stereocenters. The molecule has 0 aromatic heterocycles. The summed E-state index contributed by atoms with van der Waals surface area (Å²) in [6, 6.07) is 25.6. The van der Waals surface area contributed by atoms with Gasteiger partial charge in [-0.15, -0.1) is 0 Å². The van der Waals surface area contributed by atoms with E-state index >= 15 is 0 Å². The van der Waals surface area contributed by atoms with Crippen molar-refractivity contribution in [1.82, 2.24) is 10.6 Å². The number of nitrogen functional groups attached to an aromatic ring is 1. The molecule has 5 rings (SSSR count). The van der Waals surface area contributed by atoms with Gasteiger partial charge < -0.3 is 16.4 Å². The molecule has 0 bridgehead atoms. The van der Waals surface area contributed by atoms with Crippen LogP contribution in [0.5, 0.6) is 0 Å². The minimum Gasteiger partial charge on any atom is -0.398 e. The maximum atomic E-state index is 13.0. The number of fused-ring (bicyclic) bond motifs is 2. The normalized spacial score (nSPS) is 11.7. The van der Waals surface area contributed by atoms with E-state index in [-0.39, 0.29) is 17.6 Å². The first kappa shape index (κ1) is 27.5. The smallest absolute Gasteiger partial charge is 0.252 e. The first-order valence-corrected chi connectivity index (χ1v) is 14.2. The van der Waals surface area contributed by atoms with Gasteiger partial charge in [0.05, 0.1) is 16.3 Å². The second-order valence-corrected chi connectivity index (χ2v) is 11.0. The Labute approximate surface area is 242 Å².